The molecule has 0 aliphatic heterocycles. The minimum absolute atomic E-state index is 0.00160. The molecule has 0 aromatic carbocycles. The van der Waals surface area contributed by atoms with E-state index in [1.165, 1.54) is 19.6 Å². The highest BCUT2D eigenvalue weighted by Gasteiger charge is 2.62. The van der Waals surface area contributed by atoms with Crippen LogP contribution in [0.25, 0.3) is 0 Å². The highest BCUT2D eigenvalue weighted by Crippen LogP contribution is 2.65. The van der Waals surface area contributed by atoms with Gasteiger partial charge in [-0.15, -0.1) is 0 Å². The standard InChI is InChI=1S/C21H30O4/c1-19(2)9-5-10-20(3)15(19)8-11-21(13-22)16(20)7-6-14(12-17(21)23)18(24)25-4/h12-13,15-16H,5-11H2,1-4H3/t15?,16-,20+,21+/m1/s1. The van der Waals surface area contributed by atoms with Gasteiger partial charge in [-0.25, -0.2) is 4.79 Å². The second-order valence-electron chi connectivity index (χ2n) is 9.21. The van der Waals surface area contributed by atoms with Gasteiger partial charge in [-0.1, -0.05) is 27.2 Å². The van der Waals surface area contributed by atoms with E-state index in [0.717, 1.165) is 25.5 Å². The maximum absolute atomic E-state index is 13.1. The number of fused-ring (bicyclic) bond motifs is 3. The average molecular weight is 346 g/mol. The van der Waals surface area contributed by atoms with Crippen molar-refractivity contribution in [2.75, 3.05) is 7.11 Å². The van der Waals surface area contributed by atoms with Crippen LogP contribution in [-0.4, -0.2) is 25.1 Å². The zero-order valence-electron chi connectivity index (χ0n) is 15.9. The fourth-order valence-corrected chi connectivity index (χ4v) is 6.49. The molecule has 0 aromatic rings. The number of hydrogen-bond acceptors (Lipinski definition) is 4. The molecule has 3 rings (SSSR count). The Hall–Kier alpha value is -1.45. The molecule has 0 amide bonds. The predicted molar refractivity (Wildman–Crippen MR) is 94.8 cm³/mol. The summed E-state index contributed by atoms with van der Waals surface area (Å²) < 4.78 is 4.83. The normalized spacial score (nSPS) is 40.2. The van der Waals surface area contributed by atoms with E-state index >= 15 is 0 Å². The Kier molecular flexibility index (Phi) is 4.45. The van der Waals surface area contributed by atoms with E-state index in [1.54, 1.807) is 0 Å². The molecule has 4 atom stereocenters. The van der Waals surface area contributed by atoms with Crippen molar-refractivity contribution >= 4 is 18.0 Å². The summed E-state index contributed by atoms with van der Waals surface area (Å²) in [5.74, 6) is -0.117. The lowest BCUT2D eigenvalue weighted by molar-refractivity contribution is -0.161. The van der Waals surface area contributed by atoms with Crippen LogP contribution < -0.4 is 0 Å². The van der Waals surface area contributed by atoms with Gasteiger partial charge in [-0.05, 0) is 67.3 Å². The van der Waals surface area contributed by atoms with Crippen LogP contribution in [-0.2, 0) is 19.1 Å². The number of methoxy groups -OCH3 is 1. The van der Waals surface area contributed by atoms with Gasteiger partial charge in [0.1, 0.15) is 6.29 Å². The highest BCUT2D eigenvalue weighted by molar-refractivity contribution is 6.09. The lowest BCUT2D eigenvalue weighted by Crippen LogP contribution is -2.58. The minimum atomic E-state index is -0.964. The molecule has 1 unspecified atom stereocenters. The summed E-state index contributed by atoms with van der Waals surface area (Å²) in [6.45, 7) is 6.95. The summed E-state index contributed by atoms with van der Waals surface area (Å²) in [5, 5.41) is 0. The van der Waals surface area contributed by atoms with Crippen molar-refractivity contribution in [3.05, 3.63) is 11.6 Å². The van der Waals surface area contributed by atoms with E-state index in [1.807, 2.05) is 0 Å². The van der Waals surface area contributed by atoms with Crippen LogP contribution in [0.2, 0.25) is 0 Å². The molecular formula is C21H30O4. The van der Waals surface area contributed by atoms with Crippen LogP contribution in [0, 0.1) is 28.1 Å². The van der Waals surface area contributed by atoms with Crippen molar-refractivity contribution in [2.24, 2.45) is 28.1 Å². The number of hydrogen-bond donors (Lipinski definition) is 0. The first-order chi connectivity index (χ1) is 11.7. The Morgan fingerprint density at radius 2 is 1.88 bits per heavy atom. The van der Waals surface area contributed by atoms with Crippen LogP contribution in [0.3, 0.4) is 0 Å². The Bertz CT molecular complexity index is 632. The van der Waals surface area contributed by atoms with Crippen LogP contribution in [0.5, 0.6) is 0 Å². The van der Waals surface area contributed by atoms with Gasteiger partial charge >= 0.3 is 5.97 Å². The van der Waals surface area contributed by atoms with Crippen molar-refractivity contribution in [1.29, 1.82) is 0 Å². The summed E-state index contributed by atoms with van der Waals surface area (Å²) in [5.41, 5.74) is -0.348. The number of rotatable bonds is 2. The Morgan fingerprint density at radius 1 is 1.16 bits per heavy atom. The molecule has 0 N–H and O–H groups in total. The topological polar surface area (TPSA) is 60.4 Å². The van der Waals surface area contributed by atoms with E-state index in [-0.39, 0.29) is 22.5 Å². The summed E-state index contributed by atoms with van der Waals surface area (Å²) >= 11 is 0. The number of aldehydes is 1. The molecule has 0 saturated heterocycles. The molecule has 0 bridgehead atoms. The van der Waals surface area contributed by atoms with Crippen LogP contribution in [0.4, 0.5) is 0 Å². The van der Waals surface area contributed by atoms with Gasteiger partial charge < -0.3 is 9.53 Å². The van der Waals surface area contributed by atoms with Gasteiger partial charge in [0.15, 0.2) is 5.78 Å². The number of carbonyl (C=O) groups excluding carboxylic acids is 3. The maximum atomic E-state index is 13.1. The number of esters is 1. The molecule has 25 heavy (non-hydrogen) atoms. The minimum Gasteiger partial charge on any atom is -0.466 e. The van der Waals surface area contributed by atoms with Crippen molar-refractivity contribution in [2.45, 2.75) is 65.7 Å². The number of ether oxygens (including phenoxy) is 1. The smallest absolute Gasteiger partial charge is 0.333 e. The molecule has 0 spiro atoms. The van der Waals surface area contributed by atoms with Crippen molar-refractivity contribution in [3.8, 4) is 0 Å². The molecule has 3 aliphatic rings. The summed E-state index contributed by atoms with van der Waals surface area (Å²) in [4.78, 5) is 37.3. The van der Waals surface area contributed by atoms with Gasteiger partial charge in [-0.2, -0.15) is 0 Å². The largest absolute Gasteiger partial charge is 0.466 e. The van der Waals surface area contributed by atoms with Crippen molar-refractivity contribution in [1.82, 2.24) is 0 Å². The fourth-order valence-electron chi connectivity index (χ4n) is 6.49. The van der Waals surface area contributed by atoms with Gasteiger partial charge in [0.05, 0.1) is 12.5 Å². The van der Waals surface area contributed by atoms with Crippen molar-refractivity contribution < 1.29 is 19.1 Å². The van der Waals surface area contributed by atoms with E-state index in [4.69, 9.17) is 4.74 Å². The first-order valence-corrected chi connectivity index (χ1v) is 9.51. The molecule has 4 heteroatoms. The molecule has 0 heterocycles. The molecule has 2 fully saturated rings. The Balaban J connectivity index is 2.06. The Morgan fingerprint density at radius 3 is 2.52 bits per heavy atom. The summed E-state index contributed by atoms with van der Waals surface area (Å²) in [7, 11) is 1.34. The number of ketones is 1. The third-order valence-electron chi connectivity index (χ3n) is 7.66. The van der Waals surface area contributed by atoms with Gasteiger partial charge in [0.25, 0.3) is 0 Å². The third-order valence-corrected chi connectivity index (χ3v) is 7.66. The quantitative estimate of drug-likeness (QED) is 0.432. The number of allylic oxidation sites excluding steroid dienone is 1. The fraction of sp³-hybridized carbons (Fsp3) is 0.762. The zero-order valence-corrected chi connectivity index (χ0v) is 15.9. The van der Waals surface area contributed by atoms with Crippen LogP contribution in [0.15, 0.2) is 11.6 Å². The second-order valence-corrected chi connectivity index (χ2v) is 9.21. The molecule has 0 aromatic heterocycles. The monoisotopic (exact) mass is 346 g/mol. The molecule has 2 saturated carbocycles. The predicted octanol–water partition coefficient (Wildman–Crippen LogP) is 3.88. The molecule has 4 nitrogen and oxygen atoms in total. The zero-order chi connectivity index (χ0) is 18.5. The first-order valence-electron chi connectivity index (χ1n) is 9.51. The first kappa shape index (κ1) is 18.3. The molecule has 138 valence electrons. The van der Waals surface area contributed by atoms with E-state index < -0.39 is 11.4 Å². The SMILES string of the molecule is COC(=O)C1=CC(=O)[C@]2(C=O)CCC3C(C)(C)CCC[C@]3(C)[C@H]2CC1. The van der Waals surface area contributed by atoms with Crippen LogP contribution in [0.1, 0.15) is 65.7 Å². The molecule has 3 aliphatic carbocycles. The summed E-state index contributed by atoms with van der Waals surface area (Å²) in [6.07, 6.45) is 8.43. The number of carbonyl (C=O) groups is 3. The van der Waals surface area contributed by atoms with Crippen molar-refractivity contribution in [3.63, 3.8) is 0 Å². The Labute approximate surface area is 150 Å². The third kappa shape index (κ3) is 2.60. The van der Waals surface area contributed by atoms with E-state index in [2.05, 4.69) is 20.8 Å². The lowest BCUT2D eigenvalue weighted by Gasteiger charge is -2.61. The average Bonchev–Trinajstić information content (AvgIpc) is 2.71. The second kappa shape index (κ2) is 6.07. The van der Waals surface area contributed by atoms with Crippen LogP contribution >= 0.6 is 0 Å². The van der Waals surface area contributed by atoms with Gasteiger partial charge in [0.2, 0.25) is 0 Å². The van der Waals surface area contributed by atoms with Gasteiger partial charge in [-0.3, -0.25) is 4.79 Å². The van der Waals surface area contributed by atoms with Gasteiger partial charge in [0, 0.05) is 5.57 Å². The molecular weight excluding hydrogens is 316 g/mol. The summed E-state index contributed by atoms with van der Waals surface area (Å²) in [6, 6.07) is 0. The lowest BCUT2D eigenvalue weighted by atomic mass is 9.42. The highest BCUT2D eigenvalue weighted by atomic mass is 16.5. The van der Waals surface area contributed by atoms with E-state index in [0.29, 0.717) is 30.8 Å². The van der Waals surface area contributed by atoms with E-state index in [9.17, 15) is 14.4 Å². The maximum Gasteiger partial charge on any atom is 0.333 e. The molecule has 0 radical (unpaired) electrons.